The summed E-state index contributed by atoms with van der Waals surface area (Å²) in [5.41, 5.74) is 10.2. The summed E-state index contributed by atoms with van der Waals surface area (Å²) in [6.07, 6.45) is 0. The van der Waals surface area contributed by atoms with Crippen molar-refractivity contribution in [3.05, 3.63) is 39.8 Å². The Bertz CT molecular complexity index is 421. The van der Waals surface area contributed by atoms with Crippen LogP contribution in [0.15, 0.2) is 23.3 Å². The van der Waals surface area contributed by atoms with Gasteiger partial charge in [0.25, 0.3) is 5.91 Å². The van der Waals surface area contributed by atoms with Gasteiger partial charge < -0.3 is 5.32 Å². The number of carbonyl (C=O) groups is 1. The van der Waals surface area contributed by atoms with Gasteiger partial charge >= 0.3 is 0 Å². The number of carbonyl (C=O) groups excluding carboxylic acids is 1. The smallest absolute Gasteiger partial charge is 0.251 e. The van der Waals surface area contributed by atoms with Gasteiger partial charge in [-0.3, -0.25) is 4.79 Å². The molecule has 0 saturated carbocycles. The highest BCUT2D eigenvalue weighted by atomic mass is 16.1. The molecule has 0 aromatic heterocycles. The number of benzene rings is 1. The maximum absolute atomic E-state index is 11.5. The molecule has 1 rings (SSSR count). The van der Waals surface area contributed by atoms with E-state index in [9.17, 15) is 4.79 Å². The molecule has 1 aromatic carbocycles. The Morgan fingerprint density at radius 1 is 1.60 bits per heavy atom. The number of amides is 1. The molecule has 1 aromatic rings. The number of azide groups is 1. The zero-order valence-electron chi connectivity index (χ0n) is 8.69. The Balaban J connectivity index is 3.00. The summed E-state index contributed by atoms with van der Waals surface area (Å²) in [6.45, 7) is 4.25. The molecule has 0 bridgehead atoms. The first-order chi connectivity index (χ1) is 7.19. The van der Waals surface area contributed by atoms with E-state index in [1.807, 2.05) is 6.92 Å². The molecule has 0 atom stereocenters. The fourth-order valence-corrected chi connectivity index (χ4v) is 1.22. The number of nitrogens with zero attached hydrogens (tertiary/aromatic N) is 3. The van der Waals surface area contributed by atoms with Crippen LogP contribution in [-0.4, -0.2) is 12.5 Å². The van der Waals surface area contributed by atoms with E-state index in [0.717, 1.165) is 5.56 Å². The minimum absolute atomic E-state index is 0.118. The second-order valence-corrected chi connectivity index (χ2v) is 3.05. The molecule has 0 unspecified atom stereocenters. The van der Waals surface area contributed by atoms with Crippen molar-refractivity contribution in [3.63, 3.8) is 0 Å². The Morgan fingerprint density at radius 3 is 2.87 bits per heavy atom. The van der Waals surface area contributed by atoms with Gasteiger partial charge in [0.05, 0.1) is 0 Å². The SMILES string of the molecule is CCNC(=O)c1ccc(N=[N+]=[N-])c(C)c1. The molecule has 0 aliphatic rings. The highest BCUT2D eigenvalue weighted by Gasteiger charge is 2.05. The van der Waals surface area contributed by atoms with E-state index in [-0.39, 0.29) is 5.91 Å². The van der Waals surface area contributed by atoms with Crippen molar-refractivity contribution in [2.45, 2.75) is 13.8 Å². The molecule has 1 N–H and O–H groups in total. The summed E-state index contributed by atoms with van der Waals surface area (Å²) in [5, 5.41) is 6.20. The van der Waals surface area contributed by atoms with Crippen LogP contribution in [0.2, 0.25) is 0 Å². The van der Waals surface area contributed by atoms with E-state index < -0.39 is 0 Å². The first kappa shape index (κ1) is 11.1. The number of nitrogens with one attached hydrogen (secondary N) is 1. The van der Waals surface area contributed by atoms with E-state index >= 15 is 0 Å². The van der Waals surface area contributed by atoms with E-state index in [2.05, 4.69) is 15.3 Å². The summed E-state index contributed by atoms with van der Waals surface area (Å²) in [7, 11) is 0. The van der Waals surface area contributed by atoms with Crippen LogP contribution in [0.4, 0.5) is 5.69 Å². The minimum Gasteiger partial charge on any atom is -0.352 e. The molecule has 0 radical (unpaired) electrons. The van der Waals surface area contributed by atoms with Crippen molar-refractivity contribution in [1.29, 1.82) is 0 Å². The molecule has 1 amide bonds. The van der Waals surface area contributed by atoms with Gasteiger partial charge in [0.1, 0.15) is 0 Å². The molecule has 0 saturated heterocycles. The Kier molecular flexibility index (Phi) is 3.71. The molecule has 15 heavy (non-hydrogen) atoms. The average Bonchev–Trinajstić information content (AvgIpc) is 2.21. The fraction of sp³-hybridized carbons (Fsp3) is 0.300. The zero-order chi connectivity index (χ0) is 11.3. The van der Waals surface area contributed by atoms with Crippen LogP contribution in [0.25, 0.3) is 10.4 Å². The van der Waals surface area contributed by atoms with E-state index in [0.29, 0.717) is 17.8 Å². The van der Waals surface area contributed by atoms with Gasteiger partial charge in [0.2, 0.25) is 0 Å². The standard InChI is InChI=1S/C10H12N4O/c1-3-12-10(15)8-4-5-9(13-14-11)7(2)6-8/h4-6H,3H2,1-2H3,(H,12,15). The zero-order valence-corrected chi connectivity index (χ0v) is 8.69. The third-order valence-electron chi connectivity index (χ3n) is 1.95. The van der Waals surface area contributed by atoms with E-state index in [1.165, 1.54) is 0 Å². The highest BCUT2D eigenvalue weighted by Crippen LogP contribution is 2.19. The molecule has 0 spiro atoms. The number of hydrogen-bond acceptors (Lipinski definition) is 2. The lowest BCUT2D eigenvalue weighted by Crippen LogP contribution is -2.22. The summed E-state index contributed by atoms with van der Waals surface area (Å²) < 4.78 is 0. The van der Waals surface area contributed by atoms with Gasteiger partial charge in [-0.05, 0) is 37.1 Å². The van der Waals surface area contributed by atoms with Gasteiger partial charge in [-0.25, -0.2) is 0 Å². The number of rotatable bonds is 3. The van der Waals surface area contributed by atoms with Crippen LogP contribution < -0.4 is 5.32 Å². The Labute approximate surface area is 87.7 Å². The van der Waals surface area contributed by atoms with Crippen LogP contribution >= 0.6 is 0 Å². The summed E-state index contributed by atoms with van der Waals surface area (Å²) in [6, 6.07) is 4.98. The van der Waals surface area contributed by atoms with Crippen LogP contribution in [0.1, 0.15) is 22.8 Å². The maximum atomic E-state index is 11.5. The average molecular weight is 204 g/mol. The molecular weight excluding hydrogens is 192 g/mol. The predicted octanol–water partition coefficient (Wildman–Crippen LogP) is 2.69. The lowest BCUT2D eigenvalue weighted by molar-refractivity contribution is 0.0956. The molecule has 78 valence electrons. The molecule has 0 fully saturated rings. The monoisotopic (exact) mass is 204 g/mol. The topological polar surface area (TPSA) is 77.9 Å². The number of aryl methyl sites for hydroxylation is 1. The second kappa shape index (κ2) is 5.02. The number of hydrogen-bond donors (Lipinski definition) is 1. The van der Waals surface area contributed by atoms with E-state index in [4.69, 9.17) is 5.53 Å². The molecular formula is C10H12N4O. The lowest BCUT2D eigenvalue weighted by Gasteiger charge is -2.04. The van der Waals surface area contributed by atoms with Gasteiger partial charge in [-0.15, -0.1) is 0 Å². The first-order valence-corrected chi connectivity index (χ1v) is 4.63. The maximum Gasteiger partial charge on any atom is 0.251 e. The Morgan fingerprint density at radius 2 is 2.33 bits per heavy atom. The van der Waals surface area contributed by atoms with Crippen molar-refractivity contribution >= 4 is 11.6 Å². The summed E-state index contributed by atoms with van der Waals surface area (Å²) in [4.78, 5) is 14.2. The van der Waals surface area contributed by atoms with Crippen molar-refractivity contribution < 1.29 is 4.79 Å². The second-order valence-electron chi connectivity index (χ2n) is 3.05. The van der Waals surface area contributed by atoms with Gasteiger partial charge in [0.15, 0.2) is 0 Å². The molecule has 5 nitrogen and oxygen atoms in total. The minimum atomic E-state index is -0.118. The third-order valence-corrected chi connectivity index (χ3v) is 1.95. The van der Waals surface area contributed by atoms with Crippen LogP contribution in [0, 0.1) is 6.92 Å². The summed E-state index contributed by atoms with van der Waals surface area (Å²) >= 11 is 0. The predicted molar refractivity (Wildman–Crippen MR) is 58.0 cm³/mol. The fourth-order valence-electron chi connectivity index (χ4n) is 1.22. The third kappa shape index (κ3) is 2.72. The first-order valence-electron chi connectivity index (χ1n) is 4.63. The van der Waals surface area contributed by atoms with Gasteiger partial charge in [-0.2, -0.15) is 0 Å². The molecule has 0 aliphatic carbocycles. The highest BCUT2D eigenvalue weighted by molar-refractivity contribution is 5.94. The molecule has 0 heterocycles. The van der Waals surface area contributed by atoms with Crippen molar-refractivity contribution in [2.75, 3.05) is 6.54 Å². The Hall–Kier alpha value is -2.00. The van der Waals surface area contributed by atoms with Crippen molar-refractivity contribution in [1.82, 2.24) is 5.32 Å². The summed E-state index contributed by atoms with van der Waals surface area (Å²) in [5.74, 6) is -0.118. The normalized spacial score (nSPS) is 9.20. The van der Waals surface area contributed by atoms with Gasteiger partial charge in [-0.1, -0.05) is 11.2 Å². The quantitative estimate of drug-likeness (QED) is 0.458. The van der Waals surface area contributed by atoms with Crippen LogP contribution in [-0.2, 0) is 0 Å². The lowest BCUT2D eigenvalue weighted by atomic mass is 10.1. The van der Waals surface area contributed by atoms with Crippen LogP contribution in [0.5, 0.6) is 0 Å². The van der Waals surface area contributed by atoms with Gasteiger partial charge in [0, 0.05) is 22.7 Å². The van der Waals surface area contributed by atoms with Crippen molar-refractivity contribution in [2.24, 2.45) is 5.11 Å². The largest absolute Gasteiger partial charge is 0.352 e. The molecule has 5 heteroatoms. The van der Waals surface area contributed by atoms with Crippen LogP contribution in [0.3, 0.4) is 0 Å². The van der Waals surface area contributed by atoms with E-state index in [1.54, 1.807) is 25.1 Å². The van der Waals surface area contributed by atoms with Crippen molar-refractivity contribution in [3.8, 4) is 0 Å². The molecule has 0 aliphatic heterocycles.